The maximum atomic E-state index is 13.5. The zero-order valence-electron chi connectivity index (χ0n) is 8.51. The van der Waals surface area contributed by atoms with Gasteiger partial charge in [-0.15, -0.1) is 11.6 Å². The summed E-state index contributed by atoms with van der Waals surface area (Å²) in [5.74, 6) is -0.386. The molecule has 0 aliphatic rings. The van der Waals surface area contributed by atoms with Crippen LogP contribution in [0.25, 0.3) is 5.69 Å². The minimum Gasteiger partial charge on any atom is -0.258 e. The molecule has 0 saturated heterocycles. The van der Waals surface area contributed by atoms with Gasteiger partial charge in [0.2, 0.25) is 0 Å². The van der Waals surface area contributed by atoms with Crippen LogP contribution >= 0.6 is 11.6 Å². The van der Waals surface area contributed by atoms with Crippen LogP contribution in [0, 0.1) is 15.9 Å². The van der Waals surface area contributed by atoms with Crippen LogP contribution in [0.4, 0.5) is 10.1 Å². The first-order valence-corrected chi connectivity index (χ1v) is 5.20. The number of alkyl halides is 1. The highest BCUT2D eigenvalue weighted by atomic mass is 35.5. The second kappa shape index (κ2) is 4.50. The van der Waals surface area contributed by atoms with Crippen molar-refractivity contribution in [3.05, 3.63) is 52.1 Å². The van der Waals surface area contributed by atoms with Gasteiger partial charge in [-0.3, -0.25) is 10.1 Å². The summed E-state index contributed by atoms with van der Waals surface area (Å²) in [6.07, 6.45) is 1.50. The van der Waals surface area contributed by atoms with Crippen molar-refractivity contribution in [3.63, 3.8) is 0 Å². The molecule has 2 aromatic rings. The monoisotopic (exact) mass is 255 g/mol. The Kier molecular flexibility index (Phi) is 3.06. The van der Waals surface area contributed by atoms with Crippen LogP contribution in [-0.2, 0) is 5.88 Å². The van der Waals surface area contributed by atoms with Gasteiger partial charge in [0, 0.05) is 18.3 Å². The normalized spacial score (nSPS) is 10.5. The van der Waals surface area contributed by atoms with Gasteiger partial charge in [-0.05, 0) is 12.1 Å². The van der Waals surface area contributed by atoms with E-state index in [0.717, 1.165) is 18.2 Å². The second-order valence-electron chi connectivity index (χ2n) is 3.28. The lowest BCUT2D eigenvalue weighted by atomic mass is 10.2. The van der Waals surface area contributed by atoms with E-state index in [-0.39, 0.29) is 17.3 Å². The van der Waals surface area contributed by atoms with Gasteiger partial charge in [-0.2, -0.15) is 5.10 Å². The first-order valence-electron chi connectivity index (χ1n) is 4.66. The van der Waals surface area contributed by atoms with Gasteiger partial charge in [0.25, 0.3) is 5.69 Å². The molecule has 1 aromatic heterocycles. The van der Waals surface area contributed by atoms with Crippen molar-refractivity contribution < 1.29 is 9.31 Å². The van der Waals surface area contributed by atoms with E-state index in [0.29, 0.717) is 5.69 Å². The van der Waals surface area contributed by atoms with E-state index >= 15 is 0 Å². The highest BCUT2D eigenvalue weighted by Crippen LogP contribution is 2.20. The predicted octanol–water partition coefficient (Wildman–Crippen LogP) is 2.66. The molecule has 0 spiro atoms. The third-order valence-corrected chi connectivity index (χ3v) is 2.44. The maximum Gasteiger partial charge on any atom is 0.271 e. The van der Waals surface area contributed by atoms with E-state index in [4.69, 9.17) is 11.6 Å². The van der Waals surface area contributed by atoms with Crippen molar-refractivity contribution in [2.24, 2.45) is 0 Å². The van der Waals surface area contributed by atoms with Gasteiger partial charge < -0.3 is 0 Å². The molecule has 2 rings (SSSR count). The molecular formula is C10H7ClFN3O2. The van der Waals surface area contributed by atoms with E-state index in [9.17, 15) is 14.5 Å². The van der Waals surface area contributed by atoms with Crippen molar-refractivity contribution in [1.29, 1.82) is 0 Å². The number of nitro groups is 1. The topological polar surface area (TPSA) is 61.0 Å². The van der Waals surface area contributed by atoms with Crippen LogP contribution in [0.1, 0.15) is 5.69 Å². The van der Waals surface area contributed by atoms with E-state index in [2.05, 4.69) is 5.10 Å². The molecule has 0 amide bonds. The number of nitrogens with zero attached hydrogens (tertiary/aromatic N) is 3. The van der Waals surface area contributed by atoms with Crippen LogP contribution in [0.3, 0.4) is 0 Å². The van der Waals surface area contributed by atoms with Crippen molar-refractivity contribution >= 4 is 17.3 Å². The predicted molar refractivity (Wildman–Crippen MR) is 59.7 cm³/mol. The maximum absolute atomic E-state index is 13.5. The third kappa shape index (κ3) is 2.26. The lowest BCUT2D eigenvalue weighted by molar-refractivity contribution is -0.384. The Hall–Kier alpha value is -1.95. The molecule has 0 saturated carbocycles. The Morgan fingerprint density at radius 3 is 2.82 bits per heavy atom. The molecule has 0 aliphatic heterocycles. The van der Waals surface area contributed by atoms with Gasteiger partial charge in [0.15, 0.2) is 0 Å². The third-order valence-electron chi connectivity index (χ3n) is 2.17. The van der Waals surface area contributed by atoms with E-state index in [1.807, 2.05) is 0 Å². The molecule has 0 radical (unpaired) electrons. The summed E-state index contributed by atoms with van der Waals surface area (Å²) in [4.78, 5) is 10.0. The minimum absolute atomic E-state index is 0.0237. The van der Waals surface area contributed by atoms with Crippen LogP contribution < -0.4 is 0 Å². The molecule has 1 heterocycles. The SMILES string of the molecule is O=[N+]([O-])c1ccc(F)c(-n2ccc(CCl)n2)c1. The van der Waals surface area contributed by atoms with Crippen molar-refractivity contribution in [1.82, 2.24) is 9.78 Å². The number of rotatable bonds is 3. The summed E-state index contributed by atoms with van der Waals surface area (Å²) >= 11 is 5.57. The summed E-state index contributed by atoms with van der Waals surface area (Å²) < 4.78 is 14.7. The fourth-order valence-corrected chi connectivity index (χ4v) is 1.50. The second-order valence-corrected chi connectivity index (χ2v) is 3.55. The fraction of sp³-hybridized carbons (Fsp3) is 0.100. The fourth-order valence-electron chi connectivity index (χ4n) is 1.36. The molecule has 5 nitrogen and oxygen atoms in total. The van der Waals surface area contributed by atoms with E-state index in [1.54, 1.807) is 6.07 Å². The molecule has 0 fully saturated rings. The van der Waals surface area contributed by atoms with Gasteiger partial charge in [0.1, 0.15) is 11.5 Å². The Morgan fingerprint density at radius 2 is 2.24 bits per heavy atom. The summed E-state index contributed by atoms with van der Waals surface area (Å²) in [6, 6.07) is 4.88. The summed E-state index contributed by atoms with van der Waals surface area (Å²) in [5.41, 5.74) is 0.400. The highest BCUT2D eigenvalue weighted by Gasteiger charge is 2.13. The Labute approximate surface area is 101 Å². The average Bonchev–Trinajstić information content (AvgIpc) is 2.77. The van der Waals surface area contributed by atoms with Gasteiger partial charge in [-0.25, -0.2) is 9.07 Å². The lowest BCUT2D eigenvalue weighted by Gasteiger charge is -2.02. The van der Waals surface area contributed by atoms with Crippen molar-refractivity contribution in [2.75, 3.05) is 0 Å². The summed E-state index contributed by atoms with van der Waals surface area (Å²) in [5, 5.41) is 14.6. The van der Waals surface area contributed by atoms with Gasteiger partial charge in [-0.1, -0.05) is 0 Å². The number of non-ortho nitro benzene ring substituents is 1. The minimum atomic E-state index is -0.588. The Morgan fingerprint density at radius 1 is 1.47 bits per heavy atom. The van der Waals surface area contributed by atoms with E-state index in [1.165, 1.54) is 10.9 Å². The van der Waals surface area contributed by atoms with Crippen LogP contribution in [0.15, 0.2) is 30.5 Å². The van der Waals surface area contributed by atoms with Crippen molar-refractivity contribution in [3.8, 4) is 5.69 Å². The molecule has 0 unspecified atom stereocenters. The Balaban J connectivity index is 2.49. The van der Waals surface area contributed by atoms with E-state index < -0.39 is 10.7 Å². The number of halogens is 2. The largest absolute Gasteiger partial charge is 0.271 e. The first kappa shape index (κ1) is 11.5. The molecule has 1 aromatic carbocycles. The average molecular weight is 256 g/mol. The van der Waals surface area contributed by atoms with Crippen molar-refractivity contribution in [2.45, 2.75) is 5.88 Å². The van der Waals surface area contributed by atoms with Crippen LogP contribution in [0.2, 0.25) is 0 Å². The molecule has 17 heavy (non-hydrogen) atoms. The number of hydrogen-bond donors (Lipinski definition) is 0. The van der Waals surface area contributed by atoms with Crippen LogP contribution in [0.5, 0.6) is 0 Å². The quantitative estimate of drug-likeness (QED) is 0.481. The number of aromatic nitrogens is 2. The summed E-state index contributed by atoms with van der Waals surface area (Å²) in [7, 11) is 0. The molecule has 0 atom stereocenters. The number of hydrogen-bond acceptors (Lipinski definition) is 3. The zero-order valence-corrected chi connectivity index (χ0v) is 9.26. The highest BCUT2D eigenvalue weighted by molar-refractivity contribution is 6.16. The van der Waals surface area contributed by atoms with Crippen LogP contribution in [-0.4, -0.2) is 14.7 Å². The van der Waals surface area contributed by atoms with Gasteiger partial charge >= 0.3 is 0 Å². The smallest absolute Gasteiger partial charge is 0.258 e. The molecule has 0 N–H and O–H groups in total. The molecule has 88 valence electrons. The lowest BCUT2D eigenvalue weighted by Crippen LogP contribution is -2.00. The molecule has 0 aliphatic carbocycles. The number of benzene rings is 1. The Bertz CT molecular complexity index is 570. The molecular weight excluding hydrogens is 249 g/mol. The zero-order chi connectivity index (χ0) is 12.4. The molecule has 0 bridgehead atoms. The standard InChI is InChI=1S/C10H7ClFN3O2/c11-6-7-3-4-14(13-7)10-5-8(15(16)17)1-2-9(10)12/h1-5H,6H2. The summed E-state index contributed by atoms with van der Waals surface area (Å²) in [6.45, 7) is 0. The van der Waals surface area contributed by atoms with Gasteiger partial charge in [0.05, 0.1) is 16.5 Å². The first-order chi connectivity index (χ1) is 8.11. The molecule has 7 heteroatoms. The number of nitro benzene ring substituents is 1.